The Morgan fingerprint density at radius 1 is 1.17 bits per heavy atom. The van der Waals surface area contributed by atoms with E-state index in [4.69, 9.17) is 22.1 Å². The predicted molar refractivity (Wildman–Crippen MR) is 110 cm³/mol. The Hall–Kier alpha value is -3.04. The number of halogens is 1. The summed E-state index contributed by atoms with van der Waals surface area (Å²) in [5.74, 6) is -1.47. The summed E-state index contributed by atoms with van der Waals surface area (Å²) in [6, 6.07) is 14.3. The molecule has 3 aromatic rings. The molecule has 0 aliphatic heterocycles. The van der Waals surface area contributed by atoms with Gasteiger partial charge in [-0.3, -0.25) is 14.9 Å². The largest absolute Gasteiger partial charge is 0.455 e. The number of imide groups is 1. The first kappa shape index (κ1) is 20.7. The first-order valence-electron chi connectivity index (χ1n) is 8.50. The van der Waals surface area contributed by atoms with Crippen molar-refractivity contribution < 1.29 is 19.1 Å². The Morgan fingerprint density at radius 3 is 2.66 bits per heavy atom. The summed E-state index contributed by atoms with van der Waals surface area (Å²) in [6.45, 7) is -0.0181. The molecular formula is C19H17ClN4O4S. The topological polar surface area (TPSA) is 116 Å². The number of nitrogens with one attached hydrogen (secondary N) is 1. The zero-order chi connectivity index (χ0) is 20.8. The van der Waals surface area contributed by atoms with Gasteiger partial charge in [0.2, 0.25) is 0 Å². The lowest BCUT2D eigenvalue weighted by Crippen LogP contribution is -2.37. The normalized spacial score (nSPS) is 10.7. The zero-order valence-corrected chi connectivity index (χ0v) is 16.7. The van der Waals surface area contributed by atoms with E-state index in [0.717, 1.165) is 11.1 Å². The summed E-state index contributed by atoms with van der Waals surface area (Å²) in [5.41, 5.74) is 7.50. The molecule has 3 N–H and O–H groups in total. The molecule has 10 heteroatoms. The molecule has 29 heavy (non-hydrogen) atoms. The number of nitrogens with two attached hydrogens (primary N) is 1. The van der Waals surface area contributed by atoms with E-state index >= 15 is 0 Å². The van der Waals surface area contributed by atoms with Crippen molar-refractivity contribution in [1.29, 1.82) is 0 Å². The predicted octanol–water partition coefficient (Wildman–Crippen LogP) is 2.57. The van der Waals surface area contributed by atoms with Crippen LogP contribution in [0.3, 0.4) is 0 Å². The molecule has 0 saturated carbocycles. The number of carbonyl (C=O) groups is 3. The van der Waals surface area contributed by atoms with E-state index in [1.54, 1.807) is 12.1 Å². The summed E-state index contributed by atoms with van der Waals surface area (Å²) in [4.78, 5) is 38.4. The Labute approximate surface area is 175 Å². The summed E-state index contributed by atoms with van der Waals surface area (Å²) in [5, 5.41) is 3.00. The summed E-state index contributed by atoms with van der Waals surface area (Å²) in [6.07, 6.45) is 0. The first-order valence-corrected chi connectivity index (χ1v) is 9.86. The molecule has 0 unspecified atom stereocenters. The van der Waals surface area contributed by atoms with Gasteiger partial charge in [0.1, 0.15) is 0 Å². The minimum absolute atomic E-state index is 0.0598. The fourth-order valence-electron chi connectivity index (χ4n) is 2.59. The van der Waals surface area contributed by atoms with Gasteiger partial charge in [-0.2, -0.15) is 0 Å². The Bertz CT molecular complexity index is 1060. The van der Waals surface area contributed by atoms with Crippen molar-refractivity contribution in [2.24, 2.45) is 5.73 Å². The van der Waals surface area contributed by atoms with Gasteiger partial charge in [-0.15, -0.1) is 0 Å². The number of carbonyl (C=O) groups excluding carboxylic acids is 3. The third-order valence-electron chi connectivity index (χ3n) is 3.80. The molecule has 0 aliphatic carbocycles. The number of primary amides is 1. The number of imidazole rings is 1. The number of ether oxygens (including phenoxy) is 1. The van der Waals surface area contributed by atoms with Crippen LogP contribution >= 0.6 is 23.4 Å². The van der Waals surface area contributed by atoms with Crippen molar-refractivity contribution in [3.8, 4) is 0 Å². The molecule has 0 saturated heterocycles. The highest BCUT2D eigenvalue weighted by Crippen LogP contribution is 2.27. The third kappa shape index (κ3) is 5.72. The first-order chi connectivity index (χ1) is 13.9. The van der Waals surface area contributed by atoms with Crippen LogP contribution in [0.15, 0.2) is 53.7 Å². The van der Waals surface area contributed by atoms with Crippen LogP contribution in [0.25, 0.3) is 11.0 Å². The second-order valence-corrected chi connectivity index (χ2v) is 7.34. The smallest absolute Gasteiger partial charge is 0.318 e. The summed E-state index contributed by atoms with van der Waals surface area (Å²) < 4.78 is 6.82. The average Bonchev–Trinajstić information content (AvgIpc) is 3.01. The quantitative estimate of drug-likeness (QED) is 0.437. The molecule has 0 aliphatic rings. The molecule has 0 atom stereocenters. The number of fused-ring (bicyclic) bond motifs is 1. The number of hydrogen-bond acceptors (Lipinski definition) is 6. The van der Waals surface area contributed by atoms with E-state index in [0.29, 0.717) is 22.2 Å². The maximum absolute atomic E-state index is 11.9. The van der Waals surface area contributed by atoms with Crippen molar-refractivity contribution in [1.82, 2.24) is 14.9 Å². The number of urea groups is 1. The van der Waals surface area contributed by atoms with Crippen molar-refractivity contribution in [3.63, 3.8) is 0 Å². The van der Waals surface area contributed by atoms with Crippen molar-refractivity contribution >= 4 is 52.3 Å². The van der Waals surface area contributed by atoms with Gasteiger partial charge in [-0.25, -0.2) is 9.78 Å². The number of hydrogen-bond donors (Lipinski definition) is 2. The summed E-state index contributed by atoms with van der Waals surface area (Å²) in [7, 11) is 0. The molecule has 3 amide bonds. The number of benzene rings is 2. The molecule has 0 radical (unpaired) electrons. The van der Waals surface area contributed by atoms with Crippen molar-refractivity contribution in [3.05, 3.63) is 59.1 Å². The molecule has 1 aromatic heterocycles. The molecule has 1 heterocycles. The molecule has 0 bridgehead atoms. The molecule has 150 valence electrons. The van der Waals surface area contributed by atoms with Crippen molar-refractivity contribution in [2.75, 3.05) is 12.4 Å². The minimum atomic E-state index is -1.01. The van der Waals surface area contributed by atoms with E-state index in [-0.39, 0.29) is 5.75 Å². The van der Waals surface area contributed by atoms with Crippen LogP contribution in [0.1, 0.15) is 5.56 Å². The SMILES string of the molecule is NC(=O)NC(=O)COC(=O)CSc1nc2cc(Cl)ccc2n1Cc1ccccc1. The zero-order valence-electron chi connectivity index (χ0n) is 15.1. The van der Waals surface area contributed by atoms with Gasteiger partial charge in [-0.05, 0) is 23.8 Å². The number of rotatable bonds is 7. The van der Waals surface area contributed by atoms with Gasteiger partial charge >= 0.3 is 12.0 Å². The van der Waals surface area contributed by atoms with Gasteiger partial charge in [-0.1, -0.05) is 53.7 Å². The van der Waals surface area contributed by atoms with Gasteiger partial charge in [0.25, 0.3) is 5.91 Å². The van der Waals surface area contributed by atoms with Gasteiger partial charge in [0, 0.05) is 5.02 Å². The lowest BCUT2D eigenvalue weighted by atomic mass is 10.2. The van der Waals surface area contributed by atoms with E-state index in [2.05, 4.69) is 4.98 Å². The van der Waals surface area contributed by atoms with Crippen LogP contribution in [0.4, 0.5) is 4.79 Å². The van der Waals surface area contributed by atoms with E-state index < -0.39 is 24.5 Å². The second-order valence-electron chi connectivity index (χ2n) is 5.96. The average molecular weight is 433 g/mol. The lowest BCUT2D eigenvalue weighted by Gasteiger charge is -2.09. The summed E-state index contributed by atoms with van der Waals surface area (Å²) >= 11 is 7.26. The number of esters is 1. The van der Waals surface area contributed by atoms with Crippen LogP contribution in [0.5, 0.6) is 0 Å². The number of nitrogens with zero attached hydrogens (tertiary/aromatic N) is 2. The van der Waals surface area contributed by atoms with E-state index in [1.807, 2.05) is 46.3 Å². The Balaban J connectivity index is 1.72. The lowest BCUT2D eigenvalue weighted by molar-refractivity contribution is -0.145. The number of thioether (sulfide) groups is 1. The number of amides is 3. The van der Waals surface area contributed by atoms with Gasteiger partial charge in [0.05, 0.1) is 23.3 Å². The molecular weight excluding hydrogens is 416 g/mol. The second kappa shape index (κ2) is 9.44. The fraction of sp³-hybridized carbons (Fsp3) is 0.158. The maximum Gasteiger partial charge on any atom is 0.318 e. The molecule has 0 fully saturated rings. The highest BCUT2D eigenvalue weighted by atomic mass is 35.5. The van der Waals surface area contributed by atoms with Crippen molar-refractivity contribution in [2.45, 2.75) is 11.7 Å². The van der Waals surface area contributed by atoms with Gasteiger partial charge in [0.15, 0.2) is 11.8 Å². The van der Waals surface area contributed by atoms with Crippen LogP contribution in [-0.4, -0.2) is 39.8 Å². The van der Waals surface area contributed by atoms with Crippen LogP contribution in [-0.2, 0) is 20.9 Å². The van der Waals surface area contributed by atoms with E-state index in [9.17, 15) is 14.4 Å². The molecule has 3 rings (SSSR count). The molecule has 8 nitrogen and oxygen atoms in total. The maximum atomic E-state index is 11.9. The molecule has 2 aromatic carbocycles. The highest BCUT2D eigenvalue weighted by molar-refractivity contribution is 7.99. The molecule has 0 spiro atoms. The minimum Gasteiger partial charge on any atom is -0.455 e. The standard InChI is InChI=1S/C19H17ClN4O4S/c20-13-6-7-15-14(8-13)22-19(24(15)9-12-4-2-1-3-5-12)29-11-17(26)28-10-16(25)23-18(21)27/h1-8H,9-11H2,(H3,21,23,25,27). The van der Waals surface area contributed by atoms with E-state index in [1.165, 1.54) is 11.8 Å². The number of aromatic nitrogens is 2. The van der Waals surface area contributed by atoms with Crippen LogP contribution in [0.2, 0.25) is 5.02 Å². The van der Waals surface area contributed by atoms with Crippen LogP contribution in [0, 0.1) is 0 Å². The fourth-order valence-corrected chi connectivity index (χ4v) is 3.57. The monoisotopic (exact) mass is 432 g/mol. The highest BCUT2D eigenvalue weighted by Gasteiger charge is 2.15. The van der Waals surface area contributed by atoms with Gasteiger partial charge < -0.3 is 15.0 Å². The van der Waals surface area contributed by atoms with Crippen LogP contribution < -0.4 is 11.1 Å². The third-order valence-corrected chi connectivity index (χ3v) is 4.99. The Kier molecular flexibility index (Phi) is 6.73. The Morgan fingerprint density at radius 2 is 1.93 bits per heavy atom.